The van der Waals surface area contributed by atoms with Gasteiger partial charge in [0.25, 0.3) is 5.91 Å². The van der Waals surface area contributed by atoms with Gasteiger partial charge in [-0.05, 0) is 48.4 Å². The third-order valence-electron chi connectivity index (χ3n) is 4.45. The molecule has 7 heteroatoms. The molecule has 1 amide bonds. The minimum absolute atomic E-state index is 0.498. The summed E-state index contributed by atoms with van der Waals surface area (Å²) < 4.78 is 0. The van der Waals surface area contributed by atoms with Crippen LogP contribution in [0.15, 0.2) is 67.3 Å². The molecule has 160 valence electrons. The van der Waals surface area contributed by atoms with E-state index in [4.69, 9.17) is 5.21 Å². The van der Waals surface area contributed by atoms with Gasteiger partial charge in [-0.3, -0.25) is 15.3 Å². The number of benzene rings is 2. The molecular weight excluding hydrogens is 409 g/mol. The van der Waals surface area contributed by atoms with Crippen molar-refractivity contribution in [2.24, 2.45) is 0 Å². The van der Waals surface area contributed by atoms with Gasteiger partial charge in [0.2, 0.25) is 0 Å². The predicted molar refractivity (Wildman–Crippen MR) is 127 cm³/mol. The Labute approximate surface area is 184 Å². The van der Waals surface area contributed by atoms with Gasteiger partial charge < -0.3 is 10.4 Å². The van der Waals surface area contributed by atoms with Crippen LogP contribution in [-0.4, -0.2) is 40.8 Å². The number of carbonyl (C=O) groups excluding carboxylic acids is 1. The Morgan fingerprint density at radius 2 is 1.58 bits per heavy atom. The van der Waals surface area contributed by atoms with Crippen LogP contribution in [0, 0.1) is 11.8 Å². The molecule has 0 radical (unpaired) electrons. The molecule has 2 rings (SSSR count). The van der Waals surface area contributed by atoms with Crippen LogP contribution in [0.4, 0.5) is 0 Å². The Bertz CT molecular complexity index is 1020. The number of hydrogen-bond acceptors (Lipinski definition) is 4. The molecule has 31 heavy (non-hydrogen) atoms. The van der Waals surface area contributed by atoms with E-state index in [0.29, 0.717) is 5.42 Å². The largest absolute Gasteiger partial charge is 0.391 e. The van der Waals surface area contributed by atoms with Crippen LogP contribution < -0.4 is 16.1 Å². The molecule has 0 saturated carbocycles. The Kier molecular flexibility index (Phi) is 9.20. The van der Waals surface area contributed by atoms with Gasteiger partial charge in [0.05, 0.1) is 6.10 Å². The molecule has 0 spiro atoms. The van der Waals surface area contributed by atoms with E-state index in [0.717, 1.165) is 28.0 Å². The Morgan fingerprint density at radius 1 is 1.06 bits per heavy atom. The maximum absolute atomic E-state index is 11.7. The van der Waals surface area contributed by atoms with E-state index in [2.05, 4.69) is 37.9 Å². The summed E-state index contributed by atoms with van der Waals surface area (Å²) in [5.41, 5.74) is 6.55. The zero-order chi connectivity index (χ0) is 22.8. The van der Waals surface area contributed by atoms with Crippen LogP contribution in [0.1, 0.15) is 29.2 Å². The van der Waals surface area contributed by atoms with Crippen LogP contribution in [0.25, 0.3) is 5.70 Å². The molecule has 2 aromatic rings. The topological polar surface area (TPSA) is 93.6 Å². The summed E-state index contributed by atoms with van der Waals surface area (Å²) >= 11 is 0. The molecule has 0 bridgehead atoms. The lowest BCUT2D eigenvalue weighted by atomic mass is 10.1. The van der Waals surface area contributed by atoms with E-state index in [1.807, 2.05) is 61.7 Å². The van der Waals surface area contributed by atoms with Crippen molar-refractivity contribution < 1.29 is 15.1 Å². The zero-order valence-electron chi connectivity index (χ0n) is 17.4. The van der Waals surface area contributed by atoms with E-state index in [1.54, 1.807) is 6.08 Å². The zero-order valence-corrected chi connectivity index (χ0v) is 18.4. The van der Waals surface area contributed by atoms with Crippen LogP contribution in [-0.2, 0) is 4.79 Å². The second kappa shape index (κ2) is 11.8. The van der Waals surface area contributed by atoms with Crippen molar-refractivity contribution in [3.8, 4) is 11.8 Å². The molecule has 2 atom stereocenters. The molecule has 0 aliphatic rings. The van der Waals surface area contributed by atoms with Crippen molar-refractivity contribution in [1.82, 2.24) is 16.1 Å². The molecule has 2 unspecified atom stereocenters. The third-order valence-corrected chi connectivity index (χ3v) is 4.88. The van der Waals surface area contributed by atoms with E-state index >= 15 is 0 Å². The Hall–Kier alpha value is -3.20. The average molecular weight is 435 g/mol. The lowest BCUT2D eigenvalue weighted by molar-refractivity contribution is -0.133. The summed E-state index contributed by atoms with van der Waals surface area (Å²) in [6.07, 6.45) is 2.64. The van der Waals surface area contributed by atoms with Crippen molar-refractivity contribution in [1.29, 1.82) is 0 Å². The second-order valence-corrected chi connectivity index (χ2v) is 7.18. The summed E-state index contributed by atoms with van der Waals surface area (Å²) in [5, 5.41) is 24.5. The maximum Gasteiger partial charge on any atom is 0.263 e. The highest BCUT2D eigenvalue weighted by atomic mass is 31.0. The van der Waals surface area contributed by atoms with E-state index in [9.17, 15) is 9.90 Å². The SMILES string of the molecule is C=C/C=C(\NC)c1ccc(C#Cc2ccc(C(=P)NC(C(=O)NO)C(C)O)cc2)cc1. The molecule has 5 N–H and O–H groups in total. The number of carbonyl (C=O) groups is 1. The molecule has 0 saturated heterocycles. The highest BCUT2D eigenvalue weighted by Gasteiger charge is 2.24. The summed E-state index contributed by atoms with van der Waals surface area (Å²) in [7, 11) is 5.29. The first-order valence-electron chi connectivity index (χ1n) is 9.60. The summed E-state index contributed by atoms with van der Waals surface area (Å²) in [4.78, 5) is 11.7. The molecule has 2 aromatic carbocycles. The number of allylic oxidation sites excluding steroid dienone is 2. The molecule has 0 aliphatic heterocycles. The third kappa shape index (κ3) is 6.92. The van der Waals surface area contributed by atoms with Gasteiger partial charge in [0.15, 0.2) is 0 Å². The van der Waals surface area contributed by atoms with Crippen LogP contribution in [0.5, 0.6) is 0 Å². The molecular formula is C24H26N3O3P. The minimum Gasteiger partial charge on any atom is -0.391 e. The van der Waals surface area contributed by atoms with Gasteiger partial charge in [-0.25, -0.2) is 5.48 Å². The number of aliphatic hydroxyl groups excluding tert-OH is 1. The first-order chi connectivity index (χ1) is 14.9. The smallest absolute Gasteiger partial charge is 0.263 e. The number of amides is 1. The van der Waals surface area contributed by atoms with Crippen molar-refractivity contribution in [3.63, 3.8) is 0 Å². The van der Waals surface area contributed by atoms with Crippen LogP contribution >= 0.6 is 8.86 Å². The standard InChI is InChI=1S/C24H26N3O3P/c1-4-5-21(25-3)19-12-8-17(9-13-19)6-7-18-10-14-20(15-11-18)24(31)26-22(16(2)28)23(29)27-30/h4-5,8-16,22,25-26,28,30-31H,1H2,2-3H3,(H,27,29)/b21-5-. The van der Waals surface area contributed by atoms with Crippen molar-refractivity contribution in [2.45, 2.75) is 19.1 Å². The first kappa shape index (κ1) is 24.1. The minimum atomic E-state index is -1.01. The van der Waals surface area contributed by atoms with Crippen molar-refractivity contribution >= 4 is 25.9 Å². The van der Waals surface area contributed by atoms with Gasteiger partial charge in [0.1, 0.15) is 6.04 Å². The monoisotopic (exact) mass is 435 g/mol. The number of rotatable bonds is 8. The fourth-order valence-corrected chi connectivity index (χ4v) is 3.08. The summed E-state index contributed by atoms with van der Waals surface area (Å²) in [6, 6.07) is 14.3. The molecule has 6 nitrogen and oxygen atoms in total. The summed E-state index contributed by atoms with van der Waals surface area (Å²) in [6.45, 7) is 5.17. The quantitative estimate of drug-likeness (QED) is 0.144. The molecule has 0 aliphatic carbocycles. The lowest BCUT2D eigenvalue weighted by Gasteiger charge is -2.20. The predicted octanol–water partition coefficient (Wildman–Crippen LogP) is 2.30. The lowest BCUT2D eigenvalue weighted by Crippen LogP contribution is -2.51. The van der Waals surface area contributed by atoms with Gasteiger partial charge in [0, 0.05) is 29.3 Å². The van der Waals surface area contributed by atoms with Gasteiger partial charge in [-0.2, -0.15) is 0 Å². The Balaban J connectivity index is 2.09. The van der Waals surface area contributed by atoms with E-state index in [1.165, 1.54) is 12.4 Å². The van der Waals surface area contributed by atoms with Gasteiger partial charge in [-0.1, -0.05) is 48.8 Å². The van der Waals surface area contributed by atoms with E-state index < -0.39 is 18.1 Å². The molecule has 0 heterocycles. The van der Waals surface area contributed by atoms with Crippen molar-refractivity contribution in [3.05, 3.63) is 89.5 Å². The Morgan fingerprint density at radius 3 is 2.00 bits per heavy atom. The summed E-state index contributed by atoms with van der Waals surface area (Å²) in [5.74, 6) is 5.52. The number of aliphatic hydroxyl groups is 1. The van der Waals surface area contributed by atoms with Crippen molar-refractivity contribution in [2.75, 3.05) is 7.05 Å². The maximum atomic E-state index is 11.7. The van der Waals surface area contributed by atoms with Gasteiger partial charge >= 0.3 is 0 Å². The highest BCUT2D eigenvalue weighted by Crippen LogP contribution is 2.12. The molecule has 0 aromatic heterocycles. The van der Waals surface area contributed by atoms with Crippen LogP contribution in [0.2, 0.25) is 0 Å². The fraction of sp³-hybridized carbons (Fsp3) is 0.167. The van der Waals surface area contributed by atoms with Crippen LogP contribution in [0.3, 0.4) is 0 Å². The van der Waals surface area contributed by atoms with Gasteiger partial charge in [-0.15, -0.1) is 8.86 Å². The highest BCUT2D eigenvalue weighted by molar-refractivity contribution is 7.22. The normalized spacial score (nSPS) is 12.7. The fourth-order valence-electron chi connectivity index (χ4n) is 2.75. The number of hydrogen-bond donors (Lipinski definition) is 5. The number of nitrogens with one attached hydrogen (secondary N) is 3. The second-order valence-electron chi connectivity index (χ2n) is 6.68. The van der Waals surface area contributed by atoms with E-state index in [-0.39, 0.29) is 0 Å². The first-order valence-corrected chi connectivity index (χ1v) is 10.1. The molecule has 0 fully saturated rings. The average Bonchev–Trinajstić information content (AvgIpc) is 2.79. The number of hydroxylamine groups is 1.